The standard InChI is InChI=1S/C47H55BN2/c1-30-26-41-43-42(27-30)50(36-22-16-32(17-23-36)45(5,6)7)40-25-19-34(47(11,12)13)29-38(40)48(43)37-28-33(46(8,9)10)18-24-39(37)49(41)35-20-14-31(15-21-35)44(2,3)4/h14-29H,1-13H3/i14D,15D,16D,17D,18D,19D,28D,29D. The maximum Gasteiger partial charge on any atom is 0.252 e. The summed E-state index contributed by atoms with van der Waals surface area (Å²) < 4.78 is 75.9. The van der Waals surface area contributed by atoms with E-state index in [1.807, 2.05) is 112 Å². The highest BCUT2D eigenvalue weighted by Gasteiger charge is 2.44. The molecule has 0 unspecified atom stereocenters. The SMILES string of the molecule is [2H]c1cc(N2c3cc(C)cc4c3B(c3c2cc([2H])c(C(C)(C)C)c3[2H])c2c(cc([2H])c(C(C)(C)C)c2[2H])N4c2cc([2H])c(C(C)(C)C)c([2H])c2)cc([2H])c1C(C)(C)C. The molecule has 256 valence electrons. The molecule has 5 aromatic carbocycles. The highest BCUT2D eigenvalue weighted by atomic mass is 15.2. The molecule has 0 aromatic heterocycles. The van der Waals surface area contributed by atoms with Crippen LogP contribution in [0.2, 0.25) is 0 Å². The van der Waals surface area contributed by atoms with Gasteiger partial charge in [-0.05, 0) is 121 Å². The Kier molecular flexibility index (Phi) is 5.85. The largest absolute Gasteiger partial charge is 0.311 e. The lowest BCUT2D eigenvalue weighted by Gasteiger charge is -2.45. The first-order valence-electron chi connectivity index (χ1n) is 21.8. The van der Waals surface area contributed by atoms with E-state index in [2.05, 4.69) is 12.1 Å². The fraction of sp³-hybridized carbons (Fsp3) is 0.362. The van der Waals surface area contributed by atoms with Gasteiger partial charge >= 0.3 is 0 Å². The normalized spacial score (nSPS) is 16.6. The Morgan fingerprint density at radius 1 is 0.460 bits per heavy atom. The zero-order valence-electron chi connectivity index (χ0n) is 40.1. The van der Waals surface area contributed by atoms with E-state index in [0.717, 1.165) is 22.4 Å². The van der Waals surface area contributed by atoms with Crippen LogP contribution in [0.25, 0.3) is 0 Å². The Morgan fingerprint density at radius 3 is 1.10 bits per heavy atom. The number of hydrogen-bond donors (Lipinski definition) is 0. The van der Waals surface area contributed by atoms with E-state index in [1.165, 1.54) is 0 Å². The lowest BCUT2D eigenvalue weighted by molar-refractivity contribution is 0.590. The quantitative estimate of drug-likeness (QED) is 0.170. The second-order valence-corrected chi connectivity index (χ2v) is 18.3. The first kappa shape index (κ1) is 25.7. The summed E-state index contributed by atoms with van der Waals surface area (Å²) in [5, 5.41) is 0. The third-order valence-corrected chi connectivity index (χ3v) is 9.86. The molecule has 50 heavy (non-hydrogen) atoms. The highest BCUT2D eigenvalue weighted by molar-refractivity contribution is 7.00. The van der Waals surface area contributed by atoms with Gasteiger partial charge in [-0.15, -0.1) is 0 Å². The van der Waals surface area contributed by atoms with Crippen molar-refractivity contribution in [2.45, 2.75) is 112 Å². The molecule has 0 atom stereocenters. The topological polar surface area (TPSA) is 6.48 Å². The minimum atomic E-state index is -0.661. The van der Waals surface area contributed by atoms with Crippen molar-refractivity contribution in [2.75, 3.05) is 9.80 Å². The number of aryl methyl sites for hydroxylation is 1. The number of fused-ring (bicyclic) bond motifs is 4. The number of benzene rings is 5. The van der Waals surface area contributed by atoms with Crippen LogP contribution in [0, 0.1) is 6.92 Å². The molecule has 7 rings (SSSR count). The Morgan fingerprint density at radius 2 is 0.780 bits per heavy atom. The Hall–Kier alpha value is -4.24. The van der Waals surface area contributed by atoms with E-state index in [9.17, 15) is 11.0 Å². The van der Waals surface area contributed by atoms with Crippen LogP contribution in [0.1, 0.15) is 122 Å². The zero-order valence-corrected chi connectivity index (χ0v) is 32.1. The summed E-state index contributed by atoms with van der Waals surface area (Å²) in [6.45, 7) is 25.4. The summed E-state index contributed by atoms with van der Waals surface area (Å²) in [5.41, 5.74) is 7.08. The van der Waals surface area contributed by atoms with Crippen molar-refractivity contribution < 1.29 is 11.0 Å². The van der Waals surface area contributed by atoms with Gasteiger partial charge in [-0.25, -0.2) is 0 Å². The zero-order chi connectivity index (χ0) is 43.1. The molecule has 0 N–H and O–H groups in total. The highest BCUT2D eigenvalue weighted by Crippen LogP contribution is 2.46. The van der Waals surface area contributed by atoms with Crippen molar-refractivity contribution in [2.24, 2.45) is 0 Å². The third kappa shape index (κ3) is 5.77. The van der Waals surface area contributed by atoms with Gasteiger partial charge in [-0.3, -0.25) is 0 Å². The molecular weight excluding hydrogens is 603 g/mol. The monoisotopic (exact) mass is 666 g/mol. The van der Waals surface area contributed by atoms with Crippen molar-refractivity contribution >= 4 is 57.2 Å². The second kappa shape index (κ2) is 11.4. The molecule has 2 aliphatic rings. The van der Waals surface area contributed by atoms with Gasteiger partial charge in [-0.1, -0.05) is 131 Å². The first-order valence-corrected chi connectivity index (χ1v) is 17.8. The summed E-state index contributed by atoms with van der Waals surface area (Å²) in [7, 11) is 0. The van der Waals surface area contributed by atoms with Gasteiger partial charge in [0, 0.05) is 34.1 Å². The Labute approximate surface area is 313 Å². The second-order valence-electron chi connectivity index (χ2n) is 18.3. The van der Waals surface area contributed by atoms with Gasteiger partial charge in [0.15, 0.2) is 0 Å². The first-order chi connectivity index (χ1) is 26.5. The van der Waals surface area contributed by atoms with Crippen LogP contribution in [0.4, 0.5) is 34.1 Å². The molecule has 2 nitrogen and oxygen atoms in total. The maximum atomic E-state index is 10.1. The summed E-state index contributed by atoms with van der Waals surface area (Å²) in [6, 6.07) is 16.6. The Bertz CT molecular complexity index is 2350. The number of nitrogens with zero attached hydrogens (tertiary/aromatic N) is 2. The molecule has 0 bridgehead atoms. The van der Waals surface area contributed by atoms with Crippen LogP contribution in [-0.2, 0) is 21.7 Å². The number of anilines is 6. The fourth-order valence-corrected chi connectivity index (χ4v) is 7.07. The van der Waals surface area contributed by atoms with Crippen LogP contribution in [0.5, 0.6) is 0 Å². The minimum Gasteiger partial charge on any atom is -0.311 e. The molecule has 0 spiro atoms. The van der Waals surface area contributed by atoms with Gasteiger partial charge in [-0.2, -0.15) is 0 Å². The van der Waals surface area contributed by atoms with Gasteiger partial charge in [0.05, 0.1) is 11.0 Å². The molecule has 0 amide bonds. The lowest BCUT2D eigenvalue weighted by atomic mass is 9.33. The van der Waals surface area contributed by atoms with E-state index < -0.39 is 28.4 Å². The van der Waals surface area contributed by atoms with E-state index in [0.29, 0.717) is 55.9 Å². The van der Waals surface area contributed by atoms with Crippen molar-refractivity contribution in [3.05, 3.63) is 125 Å². The van der Waals surface area contributed by atoms with Crippen LogP contribution >= 0.6 is 0 Å². The summed E-state index contributed by atoms with van der Waals surface area (Å²) in [6.07, 6.45) is 0. The predicted octanol–water partition coefficient (Wildman–Crippen LogP) is 11.3. The van der Waals surface area contributed by atoms with E-state index in [4.69, 9.17) is 0 Å². The fourth-order valence-electron chi connectivity index (χ4n) is 7.07. The van der Waals surface area contributed by atoms with Gasteiger partial charge in [0.2, 0.25) is 0 Å². The summed E-state index contributed by atoms with van der Waals surface area (Å²) >= 11 is 0. The van der Waals surface area contributed by atoms with Crippen LogP contribution in [0.3, 0.4) is 0 Å². The summed E-state index contributed by atoms with van der Waals surface area (Å²) in [5.74, 6) is 0. The van der Waals surface area contributed by atoms with E-state index in [-0.39, 0.29) is 48.3 Å². The van der Waals surface area contributed by atoms with Crippen molar-refractivity contribution in [1.82, 2.24) is 0 Å². The molecule has 5 aromatic rings. The van der Waals surface area contributed by atoms with Crippen molar-refractivity contribution in [1.29, 1.82) is 0 Å². The van der Waals surface area contributed by atoms with Crippen LogP contribution in [0.15, 0.2) is 96.9 Å². The molecular formula is C47H55BN2. The predicted molar refractivity (Wildman–Crippen MR) is 220 cm³/mol. The smallest absolute Gasteiger partial charge is 0.252 e. The minimum absolute atomic E-state index is 0.202. The Balaban J connectivity index is 1.70. The maximum absolute atomic E-state index is 10.1. The number of hydrogen-bond acceptors (Lipinski definition) is 2. The molecule has 2 heterocycles. The van der Waals surface area contributed by atoms with Gasteiger partial charge < -0.3 is 9.80 Å². The lowest BCUT2D eigenvalue weighted by Crippen LogP contribution is -2.61. The average molecular weight is 667 g/mol. The van der Waals surface area contributed by atoms with Gasteiger partial charge in [0.1, 0.15) is 0 Å². The molecule has 0 aliphatic carbocycles. The molecule has 3 heteroatoms. The third-order valence-electron chi connectivity index (χ3n) is 9.86. The van der Waals surface area contributed by atoms with Crippen molar-refractivity contribution in [3.8, 4) is 0 Å². The van der Waals surface area contributed by atoms with Gasteiger partial charge in [0.25, 0.3) is 6.71 Å². The summed E-state index contributed by atoms with van der Waals surface area (Å²) in [4.78, 5) is 3.99. The van der Waals surface area contributed by atoms with Crippen LogP contribution in [-0.4, -0.2) is 6.71 Å². The average Bonchev–Trinajstić information content (AvgIpc) is 3.00. The van der Waals surface area contributed by atoms with Crippen LogP contribution < -0.4 is 26.2 Å². The molecule has 0 radical (unpaired) electrons. The van der Waals surface area contributed by atoms with E-state index >= 15 is 0 Å². The number of rotatable bonds is 2. The van der Waals surface area contributed by atoms with E-state index in [1.54, 1.807) is 24.3 Å². The molecule has 2 aliphatic heterocycles. The molecule has 0 fully saturated rings. The van der Waals surface area contributed by atoms with Crippen molar-refractivity contribution in [3.63, 3.8) is 0 Å². The molecule has 0 saturated carbocycles. The molecule has 0 saturated heterocycles.